The van der Waals surface area contributed by atoms with Crippen LogP contribution in [-0.2, 0) is 11.3 Å². The number of aromatic nitrogens is 4. The summed E-state index contributed by atoms with van der Waals surface area (Å²) in [5.74, 6) is 1.15. The molecule has 3 rings (SSSR count). The Morgan fingerprint density at radius 2 is 2.04 bits per heavy atom. The van der Waals surface area contributed by atoms with E-state index in [0.717, 1.165) is 31.1 Å². The molecule has 1 amide bonds. The molecule has 2 aromatic rings. The summed E-state index contributed by atoms with van der Waals surface area (Å²) in [7, 11) is 0. The van der Waals surface area contributed by atoms with Crippen molar-refractivity contribution in [2.45, 2.75) is 33.4 Å². The van der Waals surface area contributed by atoms with Gasteiger partial charge in [0.2, 0.25) is 5.91 Å². The van der Waals surface area contributed by atoms with E-state index in [-0.39, 0.29) is 17.9 Å². The molecular weight excluding hydrogens is 308 g/mol. The number of hydrogen-bond acceptors (Lipinski definition) is 6. The summed E-state index contributed by atoms with van der Waals surface area (Å²) >= 11 is 0. The Balaban J connectivity index is 1.58. The maximum Gasteiger partial charge on any atom is 0.247 e. The van der Waals surface area contributed by atoms with Crippen LogP contribution < -0.4 is 0 Å². The molecule has 1 fully saturated rings. The van der Waals surface area contributed by atoms with E-state index >= 15 is 0 Å². The first-order chi connectivity index (χ1) is 11.5. The highest BCUT2D eigenvalue weighted by Crippen LogP contribution is 2.20. The topological polar surface area (TPSA) is 80.3 Å². The molecule has 0 unspecified atom stereocenters. The van der Waals surface area contributed by atoms with Gasteiger partial charge in [0.05, 0.1) is 12.2 Å². The van der Waals surface area contributed by atoms with E-state index < -0.39 is 0 Å². The van der Waals surface area contributed by atoms with Gasteiger partial charge in [-0.1, -0.05) is 19.0 Å². The average Bonchev–Trinajstić information content (AvgIpc) is 3.20. The van der Waals surface area contributed by atoms with Gasteiger partial charge in [-0.15, -0.1) is 0 Å². The smallest absolute Gasteiger partial charge is 0.247 e. The number of carbonyl (C=O) groups is 1. The normalized spacial score (nSPS) is 17.4. The van der Waals surface area contributed by atoms with Gasteiger partial charge in [-0.25, -0.2) is 9.67 Å². The fourth-order valence-corrected chi connectivity index (χ4v) is 3.09. The molecule has 1 atom stereocenters. The van der Waals surface area contributed by atoms with Crippen LogP contribution in [0, 0.1) is 12.8 Å². The van der Waals surface area contributed by atoms with Gasteiger partial charge >= 0.3 is 0 Å². The second-order valence-electron chi connectivity index (χ2n) is 6.60. The van der Waals surface area contributed by atoms with Crippen LogP contribution in [0.3, 0.4) is 0 Å². The number of rotatable bonds is 5. The molecule has 3 heterocycles. The molecule has 0 bridgehead atoms. The van der Waals surface area contributed by atoms with Crippen LogP contribution in [0.5, 0.6) is 0 Å². The maximum atomic E-state index is 12.9. The standard InChI is InChI=1S/C16H24N6O2/c1-12(2)15(22-11-17-10-18-22)16(23)21-6-4-20(5-7-21)9-14-8-13(3)19-24-14/h8,10-12,15H,4-7,9H2,1-3H3/t15-/m0/s1. The van der Waals surface area contributed by atoms with Crippen molar-refractivity contribution in [2.24, 2.45) is 5.92 Å². The Kier molecular flexibility index (Phi) is 4.94. The SMILES string of the molecule is Cc1cc(CN2CCN(C(=O)[C@H](C(C)C)n3cncn3)CC2)on1. The molecule has 0 aliphatic carbocycles. The Labute approximate surface area is 141 Å². The first kappa shape index (κ1) is 16.6. The van der Waals surface area contributed by atoms with Crippen LogP contribution in [-0.4, -0.2) is 61.8 Å². The number of amides is 1. The van der Waals surface area contributed by atoms with Crippen LogP contribution in [0.4, 0.5) is 0 Å². The van der Waals surface area contributed by atoms with Gasteiger partial charge in [0.15, 0.2) is 5.76 Å². The Hall–Kier alpha value is -2.22. The minimum atomic E-state index is -0.295. The van der Waals surface area contributed by atoms with Crippen molar-refractivity contribution >= 4 is 5.91 Å². The lowest BCUT2D eigenvalue weighted by molar-refractivity contribution is -0.138. The van der Waals surface area contributed by atoms with E-state index in [1.54, 1.807) is 11.0 Å². The van der Waals surface area contributed by atoms with E-state index in [9.17, 15) is 4.79 Å². The molecule has 2 aromatic heterocycles. The molecule has 0 saturated carbocycles. The van der Waals surface area contributed by atoms with Gasteiger partial charge in [-0.05, 0) is 12.8 Å². The lowest BCUT2D eigenvalue weighted by Gasteiger charge is -2.36. The van der Waals surface area contributed by atoms with Gasteiger partial charge < -0.3 is 9.42 Å². The zero-order valence-corrected chi connectivity index (χ0v) is 14.4. The van der Waals surface area contributed by atoms with Crippen LogP contribution in [0.15, 0.2) is 23.2 Å². The Morgan fingerprint density at radius 1 is 1.29 bits per heavy atom. The van der Waals surface area contributed by atoms with Crippen molar-refractivity contribution in [3.8, 4) is 0 Å². The fourth-order valence-electron chi connectivity index (χ4n) is 3.09. The minimum Gasteiger partial charge on any atom is -0.360 e. The molecule has 0 radical (unpaired) electrons. The van der Waals surface area contributed by atoms with Crippen molar-refractivity contribution in [3.05, 3.63) is 30.2 Å². The Morgan fingerprint density at radius 3 is 2.58 bits per heavy atom. The van der Waals surface area contributed by atoms with E-state index in [1.165, 1.54) is 6.33 Å². The lowest BCUT2D eigenvalue weighted by atomic mass is 10.0. The summed E-state index contributed by atoms with van der Waals surface area (Å²) in [6.45, 7) is 9.80. The second kappa shape index (κ2) is 7.12. The molecule has 0 aromatic carbocycles. The predicted octanol–water partition coefficient (Wildman–Crippen LogP) is 1.12. The molecule has 0 N–H and O–H groups in total. The first-order valence-corrected chi connectivity index (χ1v) is 8.32. The minimum absolute atomic E-state index is 0.116. The number of aryl methyl sites for hydroxylation is 1. The van der Waals surface area contributed by atoms with Crippen LogP contribution >= 0.6 is 0 Å². The molecule has 0 spiro atoms. The third-order valence-electron chi connectivity index (χ3n) is 4.35. The number of piperazine rings is 1. The van der Waals surface area contributed by atoms with E-state index in [4.69, 9.17) is 4.52 Å². The lowest BCUT2D eigenvalue weighted by Crippen LogP contribution is -2.50. The molecule has 8 nitrogen and oxygen atoms in total. The first-order valence-electron chi connectivity index (χ1n) is 8.32. The fraction of sp³-hybridized carbons (Fsp3) is 0.625. The van der Waals surface area contributed by atoms with Gasteiger partial charge in [-0.3, -0.25) is 9.69 Å². The third-order valence-corrected chi connectivity index (χ3v) is 4.35. The van der Waals surface area contributed by atoms with Crippen molar-refractivity contribution in [1.29, 1.82) is 0 Å². The summed E-state index contributed by atoms with van der Waals surface area (Å²) in [6, 6.07) is 1.66. The van der Waals surface area contributed by atoms with Gasteiger partial charge in [-0.2, -0.15) is 5.10 Å². The van der Waals surface area contributed by atoms with Gasteiger partial charge in [0.25, 0.3) is 0 Å². The quantitative estimate of drug-likeness (QED) is 0.816. The number of carbonyl (C=O) groups excluding carboxylic acids is 1. The van der Waals surface area contributed by atoms with Crippen molar-refractivity contribution in [1.82, 2.24) is 29.7 Å². The van der Waals surface area contributed by atoms with Crippen molar-refractivity contribution in [2.75, 3.05) is 26.2 Å². The molecule has 8 heteroatoms. The van der Waals surface area contributed by atoms with Crippen molar-refractivity contribution < 1.29 is 9.32 Å². The molecule has 1 saturated heterocycles. The zero-order valence-electron chi connectivity index (χ0n) is 14.4. The third kappa shape index (κ3) is 3.64. The summed E-state index contributed by atoms with van der Waals surface area (Å²) in [5, 5.41) is 8.07. The van der Waals surface area contributed by atoms with E-state index in [0.29, 0.717) is 13.1 Å². The highest BCUT2D eigenvalue weighted by Gasteiger charge is 2.31. The predicted molar refractivity (Wildman–Crippen MR) is 87.0 cm³/mol. The molecule has 1 aliphatic heterocycles. The van der Waals surface area contributed by atoms with E-state index in [1.807, 2.05) is 31.7 Å². The largest absolute Gasteiger partial charge is 0.360 e. The van der Waals surface area contributed by atoms with Crippen LogP contribution in [0.1, 0.15) is 31.3 Å². The molecular formula is C16H24N6O2. The highest BCUT2D eigenvalue weighted by molar-refractivity contribution is 5.80. The highest BCUT2D eigenvalue weighted by atomic mass is 16.5. The van der Waals surface area contributed by atoms with Crippen molar-refractivity contribution in [3.63, 3.8) is 0 Å². The number of hydrogen-bond donors (Lipinski definition) is 0. The zero-order chi connectivity index (χ0) is 17.1. The number of nitrogens with zero attached hydrogens (tertiary/aromatic N) is 6. The van der Waals surface area contributed by atoms with Crippen LogP contribution in [0.25, 0.3) is 0 Å². The maximum absolute atomic E-state index is 12.9. The summed E-state index contributed by atoms with van der Waals surface area (Å²) in [6.07, 6.45) is 3.09. The average molecular weight is 332 g/mol. The summed E-state index contributed by atoms with van der Waals surface area (Å²) in [4.78, 5) is 21.1. The molecule has 1 aliphatic rings. The van der Waals surface area contributed by atoms with Gasteiger partial charge in [0.1, 0.15) is 18.7 Å². The summed E-state index contributed by atoms with van der Waals surface area (Å²) < 4.78 is 6.93. The second-order valence-corrected chi connectivity index (χ2v) is 6.60. The van der Waals surface area contributed by atoms with E-state index in [2.05, 4.69) is 20.1 Å². The van der Waals surface area contributed by atoms with Gasteiger partial charge in [0, 0.05) is 32.2 Å². The Bertz CT molecular complexity index is 658. The monoisotopic (exact) mass is 332 g/mol. The molecule has 130 valence electrons. The summed E-state index contributed by atoms with van der Waals surface area (Å²) in [5.41, 5.74) is 0.895. The van der Waals surface area contributed by atoms with Crippen LogP contribution in [0.2, 0.25) is 0 Å². The molecule has 24 heavy (non-hydrogen) atoms.